The van der Waals surface area contributed by atoms with Gasteiger partial charge in [0.15, 0.2) is 7.29 Å². The molecular weight excluding hydrogens is 193 g/mol. The van der Waals surface area contributed by atoms with E-state index in [1.807, 2.05) is 41.5 Å². The molecule has 0 aliphatic heterocycles. The van der Waals surface area contributed by atoms with Gasteiger partial charge in [-0.3, -0.25) is 0 Å². The largest absolute Gasteiger partial charge is 0.304 e. The van der Waals surface area contributed by atoms with Gasteiger partial charge in [-0.15, -0.1) is 0 Å². The van der Waals surface area contributed by atoms with Gasteiger partial charge < -0.3 is 4.57 Å². The predicted octanol–water partition coefficient (Wildman–Crippen LogP) is 3.60. The first-order valence-electron chi connectivity index (χ1n) is 4.04. The number of hydrogen-bond acceptors (Lipinski definition) is 1. The molecule has 0 aromatic rings. The van der Waals surface area contributed by atoms with E-state index in [1.54, 1.807) is 0 Å². The van der Waals surface area contributed by atoms with Crippen molar-refractivity contribution in [2.75, 3.05) is 0 Å². The van der Waals surface area contributed by atoms with Gasteiger partial charge >= 0.3 is 0 Å². The van der Waals surface area contributed by atoms with Crippen LogP contribution in [-0.2, 0) is 4.57 Å². The third-order valence-electron chi connectivity index (χ3n) is 2.01. The maximum absolute atomic E-state index is 12.4. The summed E-state index contributed by atoms with van der Waals surface area (Å²) in [5, 5.41) is -0.597. The first-order valence-corrected chi connectivity index (χ1v) is 6.13. The van der Waals surface area contributed by atoms with E-state index in [4.69, 9.17) is 11.8 Å². The first kappa shape index (κ1) is 12.5. The molecule has 0 bridgehead atoms. The molecule has 0 aromatic carbocycles. The Hall–Kier alpha value is 0.480. The molecule has 1 N–H and O–H groups in total. The fourth-order valence-electron chi connectivity index (χ4n) is 1.26. The lowest BCUT2D eigenvalue weighted by molar-refractivity contribution is 0.515. The summed E-state index contributed by atoms with van der Waals surface area (Å²) in [6.45, 7) is 11.6. The van der Waals surface area contributed by atoms with Crippen molar-refractivity contribution in [1.82, 2.24) is 4.61 Å². The first-order chi connectivity index (χ1) is 5.06. The predicted molar refractivity (Wildman–Crippen MR) is 56.1 cm³/mol. The lowest BCUT2D eigenvalue weighted by Gasteiger charge is -2.39. The van der Waals surface area contributed by atoms with E-state index in [9.17, 15) is 4.57 Å². The summed E-state index contributed by atoms with van der Waals surface area (Å²) >= 11 is 5.56. The van der Waals surface area contributed by atoms with Gasteiger partial charge in [0.2, 0.25) is 0 Å². The van der Waals surface area contributed by atoms with Crippen molar-refractivity contribution in [2.45, 2.75) is 51.9 Å². The van der Waals surface area contributed by atoms with E-state index >= 15 is 0 Å². The van der Waals surface area contributed by atoms with E-state index in [-0.39, 0.29) is 10.3 Å². The lowest BCUT2D eigenvalue weighted by atomic mass is 10.2. The number of halogens is 1. The molecule has 0 rings (SSSR count). The van der Waals surface area contributed by atoms with Crippen molar-refractivity contribution in [2.24, 2.45) is 0 Å². The summed E-state index contributed by atoms with van der Waals surface area (Å²) in [7, 11) is -2.55. The highest BCUT2D eigenvalue weighted by Crippen LogP contribution is 2.63. The Bertz CT molecular complexity index is 184. The number of rotatable bonds is 1. The van der Waals surface area contributed by atoms with E-state index in [0.29, 0.717) is 0 Å². The maximum Gasteiger partial charge on any atom is 0.171 e. The van der Waals surface area contributed by atoms with Crippen LogP contribution < -0.4 is 4.61 Å². The fraction of sp³-hybridized carbons (Fsp3) is 1.00. The third kappa shape index (κ3) is 2.04. The molecule has 0 aromatic heterocycles. The highest BCUT2D eigenvalue weighted by atomic mass is 35.5. The molecule has 0 saturated heterocycles. The summed E-state index contributed by atoms with van der Waals surface area (Å²) in [6, 6.07) is 0. The summed E-state index contributed by atoms with van der Waals surface area (Å²) in [5.74, 6) is 0. The van der Waals surface area contributed by atoms with Crippen molar-refractivity contribution in [3.8, 4) is 0 Å². The smallest absolute Gasteiger partial charge is 0.171 e. The molecule has 0 aliphatic carbocycles. The Morgan fingerprint density at radius 3 is 1.25 bits per heavy atom. The van der Waals surface area contributed by atoms with Crippen molar-refractivity contribution in [1.29, 1.82) is 0 Å². The van der Waals surface area contributed by atoms with Crippen LogP contribution in [0.25, 0.3) is 0 Å². The normalized spacial score (nSPS) is 14.9. The van der Waals surface area contributed by atoms with Crippen molar-refractivity contribution < 1.29 is 4.57 Å². The molecule has 0 amide bonds. The summed E-state index contributed by atoms with van der Waals surface area (Å²) in [6.07, 6.45) is 0. The molecule has 0 radical (unpaired) electrons. The quantitative estimate of drug-likeness (QED) is 0.530. The van der Waals surface area contributed by atoms with Crippen LogP contribution in [0.2, 0.25) is 0 Å². The monoisotopic (exact) mass is 211 g/mol. The third-order valence-corrected chi connectivity index (χ3v) is 6.74. The minimum absolute atomic E-state index is 0.299. The fourth-order valence-corrected chi connectivity index (χ4v) is 5.30. The average molecular weight is 212 g/mol. The Balaban J connectivity index is 5.11. The molecule has 0 fully saturated rings. The van der Waals surface area contributed by atoms with Gasteiger partial charge in [-0.1, -0.05) is 41.5 Å². The molecule has 2 nitrogen and oxygen atoms in total. The minimum Gasteiger partial charge on any atom is -0.304 e. The molecule has 4 heteroatoms. The van der Waals surface area contributed by atoms with E-state index in [0.717, 1.165) is 0 Å². The standard InChI is InChI=1S/C8H19ClNOP/c1-7(2,3)12(11,10-9)8(4,5)6/h1-6H3,(H,10,11). The molecule has 0 unspecified atom stereocenters. The van der Waals surface area contributed by atoms with Crippen LogP contribution in [0.1, 0.15) is 41.5 Å². The Morgan fingerprint density at radius 1 is 1.00 bits per heavy atom. The Kier molecular flexibility index (Phi) is 3.46. The van der Waals surface area contributed by atoms with Crippen molar-refractivity contribution >= 4 is 19.1 Å². The Labute approximate surface area is 80.6 Å². The highest BCUT2D eigenvalue weighted by Gasteiger charge is 2.45. The zero-order valence-corrected chi connectivity index (χ0v) is 10.4. The van der Waals surface area contributed by atoms with E-state index in [1.165, 1.54) is 0 Å². The van der Waals surface area contributed by atoms with Crippen LogP contribution in [-0.4, -0.2) is 10.3 Å². The van der Waals surface area contributed by atoms with Gasteiger partial charge in [-0.05, 0) is 11.8 Å². The molecule has 0 atom stereocenters. The van der Waals surface area contributed by atoms with Crippen LogP contribution in [0.4, 0.5) is 0 Å². The minimum atomic E-state index is -2.55. The Morgan fingerprint density at radius 2 is 1.25 bits per heavy atom. The van der Waals surface area contributed by atoms with E-state index in [2.05, 4.69) is 4.61 Å². The maximum atomic E-state index is 12.4. The van der Waals surface area contributed by atoms with Gasteiger partial charge in [0.1, 0.15) is 0 Å². The number of nitrogens with one attached hydrogen (secondary N) is 1. The van der Waals surface area contributed by atoms with Crippen LogP contribution in [0, 0.1) is 0 Å². The molecule has 12 heavy (non-hydrogen) atoms. The number of hydrogen-bond donors (Lipinski definition) is 1. The van der Waals surface area contributed by atoms with Gasteiger partial charge in [0.25, 0.3) is 0 Å². The SMILES string of the molecule is CC(C)(C)P(=O)(NCl)C(C)(C)C. The van der Waals surface area contributed by atoms with Gasteiger partial charge in [0, 0.05) is 10.3 Å². The van der Waals surface area contributed by atoms with Crippen LogP contribution in [0.3, 0.4) is 0 Å². The lowest BCUT2D eigenvalue weighted by Crippen LogP contribution is -2.33. The highest BCUT2D eigenvalue weighted by molar-refractivity contribution is 7.66. The van der Waals surface area contributed by atoms with E-state index < -0.39 is 7.29 Å². The summed E-state index contributed by atoms with van der Waals surface area (Å²) in [4.78, 5) is 0. The van der Waals surface area contributed by atoms with Crippen LogP contribution >= 0.6 is 19.1 Å². The van der Waals surface area contributed by atoms with Gasteiger partial charge in [0.05, 0.1) is 0 Å². The van der Waals surface area contributed by atoms with Crippen molar-refractivity contribution in [3.63, 3.8) is 0 Å². The molecular formula is C8H19ClNOP. The average Bonchev–Trinajstić information content (AvgIpc) is 1.81. The van der Waals surface area contributed by atoms with Crippen LogP contribution in [0.5, 0.6) is 0 Å². The molecule has 0 saturated carbocycles. The van der Waals surface area contributed by atoms with Crippen molar-refractivity contribution in [3.05, 3.63) is 0 Å². The topological polar surface area (TPSA) is 29.1 Å². The van der Waals surface area contributed by atoms with Gasteiger partial charge in [-0.2, -0.15) is 4.61 Å². The second-order valence-corrected chi connectivity index (χ2v) is 9.61. The second-order valence-electron chi connectivity index (χ2n) is 5.04. The zero-order valence-electron chi connectivity index (χ0n) is 8.73. The molecule has 74 valence electrons. The second kappa shape index (κ2) is 3.32. The molecule has 0 heterocycles. The summed E-state index contributed by atoms with van der Waals surface area (Å²) < 4.78 is 14.9. The van der Waals surface area contributed by atoms with Gasteiger partial charge in [-0.25, -0.2) is 0 Å². The molecule has 0 aliphatic rings. The van der Waals surface area contributed by atoms with Crippen LogP contribution in [0.15, 0.2) is 0 Å². The zero-order chi connectivity index (χ0) is 10.2. The summed E-state index contributed by atoms with van der Waals surface area (Å²) in [5.41, 5.74) is 0. The molecule has 0 spiro atoms.